The average molecular weight is 891 g/mol. The number of esters is 2. The van der Waals surface area contributed by atoms with Gasteiger partial charge in [-0.05, 0) is 54.4 Å². The van der Waals surface area contributed by atoms with Crippen LogP contribution in [0.4, 0.5) is 0 Å². The van der Waals surface area contributed by atoms with Gasteiger partial charge in [0.2, 0.25) is 0 Å². The van der Waals surface area contributed by atoms with Gasteiger partial charge in [0, 0.05) is 36.8 Å². The molecule has 0 aromatic heterocycles. The van der Waals surface area contributed by atoms with Crippen molar-refractivity contribution in [2.45, 2.75) is 348 Å². The minimum Gasteiger partial charge on any atom is -0.462 e. The van der Waals surface area contributed by atoms with Gasteiger partial charge >= 0.3 is 11.9 Å². The first-order valence-electron chi connectivity index (χ1n) is 28.2. The minimum atomic E-state index is -0.730. The minimum absolute atomic E-state index is 0.0639. The number of rotatable bonds is 45. The third kappa shape index (κ3) is 34.8. The first-order chi connectivity index (χ1) is 30.3. The zero-order valence-corrected chi connectivity index (χ0v) is 44.0. The highest BCUT2D eigenvalue weighted by Crippen LogP contribution is 2.40. The summed E-state index contributed by atoms with van der Waals surface area (Å²) < 4.78 is 12.0. The van der Waals surface area contributed by atoms with E-state index >= 15 is 0 Å². The van der Waals surface area contributed by atoms with Crippen molar-refractivity contribution >= 4 is 11.9 Å². The maximum absolute atomic E-state index is 12.9. The molecule has 1 heterocycles. The standard InChI is InChI=1S/C57H111NO5/c1-9-11-13-15-17-19-21-23-25-27-29-31-33-35-37-39-41-43-45-47-53(59)62-52-49-55(3,4)58(56(5,6)50-52)61-51-57(7,8)63-54(60)48-46-44-42-40-38-36-34-32-30-28-26-24-22-20-18-16-14-12-10-2/h52H,9-51H2,1-8H3. The Labute approximate surface area is 394 Å². The van der Waals surface area contributed by atoms with E-state index in [9.17, 15) is 9.59 Å². The van der Waals surface area contributed by atoms with E-state index in [1.807, 2.05) is 13.8 Å². The van der Waals surface area contributed by atoms with Gasteiger partial charge in [-0.1, -0.05) is 245 Å². The molecule has 6 nitrogen and oxygen atoms in total. The van der Waals surface area contributed by atoms with E-state index in [2.05, 4.69) is 46.6 Å². The molecule has 1 rings (SSSR count). The first kappa shape index (κ1) is 59.9. The van der Waals surface area contributed by atoms with Gasteiger partial charge in [-0.25, -0.2) is 0 Å². The molecule has 63 heavy (non-hydrogen) atoms. The number of hydrogen-bond donors (Lipinski definition) is 0. The number of hydroxylamine groups is 2. The van der Waals surface area contributed by atoms with E-state index < -0.39 is 5.60 Å². The van der Waals surface area contributed by atoms with Gasteiger partial charge < -0.3 is 9.47 Å². The number of carbonyl (C=O) groups excluding carboxylic acids is 2. The topological polar surface area (TPSA) is 65.1 Å². The number of unbranched alkanes of at least 4 members (excludes halogenated alkanes) is 36. The molecule has 1 saturated heterocycles. The average Bonchev–Trinajstić information content (AvgIpc) is 3.21. The van der Waals surface area contributed by atoms with E-state index in [4.69, 9.17) is 14.3 Å². The predicted octanol–water partition coefficient (Wildman–Crippen LogP) is 18.4. The van der Waals surface area contributed by atoms with Crippen molar-refractivity contribution in [2.24, 2.45) is 0 Å². The molecular formula is C57H111NO5. The van der Waals surface area contributed by atoms with Crippen molar-refractivity contribution in [3.63, 3.8) is 0 Å². The monoisotopic (exact) mass is 890 g/mol. The summed E-state index contributed by atoms with van der Waals surface area (Å²) in [5, 5.41) is 2.07. The Balaban J connectivity index is 2.09. The highest BCUT2D eigenvalue weighted by Gasteiger charge is 2.48. The van der Waals surface area contributed by atoms with Crippen molar-refractivity contribution in [1.82, 2.24) is 5.06 Å². The SMILES string of the molecule is CCCCCCCCCCCCCCCCCCCCCC(=O)OC1CC(C)(C)N(OCC(C)(C)OC(=O)CCCCCCCCCCCCCCCCCCCCC)C(C)(C)C1. The molecule has 1 fully saturated rings. The quantitative estimate of drug-likeness (QED) is 0.0448. The number of nitrogens with zero attached hydrogens (tertiary/aromatic N) is 1. The van der Waals surface area contributed by atoms with Gasteiger partial charge in [-0.2, -0.15) is 5.06 Å². The van der Waals surface area contributed by atoms with E-state index in [1.165, 1.54) is 218 Å². The van der Waals surface area contributed by atoms with Crippen LogP contribution in [0.5, 0.6) is 0 Å². The first-order valence-corrected chi connectivity index (χ1v) is 28.2. The normalized spacial score (nSPS) is 15.6. The number of piperidine rings is 1. The summed E-state index contributed by atoms with van der Waals surface area (Å²) in [6, 6.07) is 0. The molecule has 0 aromatic rings. The molecule has 0 atom stereocenters. The molecule has 0 spiro atoms. The third-order valence-electron chi connectivity index (χ3n) is 13.8. The highest BCUT2D eigenvalue weighted by molar-refractivity contribution is 5.70. The lowest BCUT2D eigenvalue weighted by Crippen LogP contribution is -2.62. The second-order valence-electron chi connectivity index (χ2n) is 22.2. The summed E-state index contributed by atoms with van der Waals surface area (Å²) in [6.07, 6.45) is 53.4. The summed E-state index contributed by atoms with van der Waals surface area (Å²) in [6.45, 7) is 17.4. The molecular weight excluding hydrogens is 779 g/mol. The van der Waals surface area contributed by atoms with Gasteiger partial charge in [0.1, 0.15) is 18.3 Å². The smallest absolute Gasteiger partial charge is 0.306 e. The Kier molecular flexibility index (Phi) is 37.0. The lowest BCUT2D eigenvalue weighted by Gasteiger charge is -2.53. The highest BCUT2D eigenvalue weighted by atomic mass is 16.7. The summed E-state index contributed by atoms with van der Waals surface area (Å²) in [5.41, 5.74) is -1.41. The van der Waals surface area contributed by atoms with Crippen LogP contribution in [-0.4, -0.2) is 46.4 Å². The lowest BCUT2D eigenvalue weighted by molar-refractivity contribution is -0.307. The van der Waals surface area contributed by atoms with E-state index in [0.717, 1.165) is 25.7 Å². The Hall–Kier alpha value is -1.14. The molecule has 0 N–H and O–H groups in total. The molecule has 1 aliphatic heterocycles. The summed E-state index contributed by atoms with van der Waals surface area (Å²) in [5.74, 6) is -0.198. The second kappa shape index (κ2) is 38.9. The molecule has 6 heteroatoms. The fourth-order valence-corrected chi connectivity index (χ4v) is 10.2. The number of ether oxygens (including phenoxy) is 2. The van der Waals surface area contributed by atoms with Crippen LogP contribution in [0.25, 0.3) is 0 Å². The molecule has 0 aromatic carbocycles. The molecule has 0 radical (unpaired) electrons. The molecule has 0 saturated carbocycles. The molecule has 374 valence electrons. The fourth-order valence-electron chi connectivity index (χ4n) is 10.2. The van der Waals surface area contributed by atoms with Gasteiger partial charge in [0.05, 0.1) is 0 Å². The van der Waals surface area contributed by atoms with Crippen LogP contribution in [0.3, 0.4) is 0 Å². The fraction of sp³-hybridized carbons (Fsp3) is 0.965. The summed E-state index contributed by atoms with van der Waals surface area (Å²) >= 11 is 0. The van der Waals surface area contributed by atoms with Crippen molar-refractivity contribution in [3.05, 3.63) is 0 Å². The maximum Gasteiger partial charge on any atom is 0.306 e. The number of hydrogen-bond acceptors (Lipinski definition) is 6. The van der Waals surface area contributed by atoms with Gasteiger partial charge in [0.15, 0.2) is 0 Å². The van der Waals surface area contributed by atoms with Crippen LogP contribution in [-0.2, 0) is 23.9 Å². The summed E-state index contributed by atoms with van der Waals surface area (Å²) in [7, 11) is 0. The Bertz CT molecular complexity index is 1040. The Morgan fingerprint density at radius 1 is 0.429 bits per heavy atom. The third-order valence-corrected chi connectivity index (χ3v) is 13.8. The van der Waals surface area contributed by atoms with Crippen LogP contribution in [0.2, 0.25) is 0 Å². The summed E-state index contributed by atoms with van der Waals surface area (Å²) in [4.78, 5) is 32.2. The van der Waals surface area contributed by atoms with E-state index in [-0.39, 0.29) is 35.7 Å². The molecule has 1 aliphatic rings. The van der Waals surface area contributed by atoms with Crippen LogP contribution in [0.15, 0.2) is 0 Å². The van der Waals surface area contributed by atoms with Gasteiger partial charge in [0.25, 0.3) is 0 Å². The van der Waals surface area contributed by atoms with Crippen LogP contribution in [0.1, 0.15) is 325 Å². The zero-order valence-electron chi connectivity index (χ0n) is 44.0. The molecule has 0 bridgehead atoms. The van der Waals surface area contributed by atoms with Crippen molar-refractivity contribution in [2.75, 3.05) is 6.61 Å². The largest absolute Gasteiger partial charge is 0.462 e. The number of carbonyl (C=O) groups is 2. The molecule has 0 unspecified atom stereocenters. The van der Waals surface area contributed by atoms with Crippen molar-refractivity contribution in [3.8, 4) is 0 Å². The lowest BCUT2D eigenvalue weighted by atomic mass is 9.80. The maximum atomic E-state index is 12.9. The van der Waals surface area contributed by atoms with E-state index in [1.54, 1.807) is 0 Å². The van der Waals surface area contributed by atoms with E-state index in [0.29, 0.717) is 25.7 Å². The van der Waals surface area contributed by atoms with Crippen molar-refractivity contribution in [1.29, 1.82) is 0 Å². The van der Waals surface area contributed by atoms with Crippen molar-refractivity contribution < 1.29 is 23.9 Å². The molecule has 0 aliphatic carbocycles. The van der Waals surface area contributed by atoms with Crippen LogP contribution >= 0.6 is 0 Å². The van der Waals surface area contributed by atoms with Gasteiger partial charge in [-0.15, -0.1) is 0 Å². The Morgan fingerprint density at radius 3 is 0.968 bits per heavy atom. The molecule has 0 amide bonds. The van der Waals surface area contributed by atoms with Gasteiger partial charge in [-0.3, -0.25) is 14.4 Å². The predicted molar refractivity (Wildman–Crippen MR) is 271 cm³/mol. The van der Waals surface area contributed by atoms with Crippen LogP contribution in [0, 0.1) is 0 Å². The zero-order chi connectivity index (χ0) is 46.3. The van der Waals surface area contributed by atoms with Crippen LogP contribution < -0.4 is 0 Å². The Morgan fingerprint density at radius 2 is 0.683 bits per heavy atom. The second-order valence-corrected chi connectivity index (χ2v) is 22.2.